The van der Waals surface area contributed by atoms with Gasteiger partial charge in [-0.05, 0) is 31.5 Å². The largest absolute Gasteiger partial charge is 0.491 e. The van der Waals surface area contributed by atoms with Crippen molar-refractivity contribution in [2.45, 2.75) is 26.0 Å². The zero-order chi connectivity index (χ0) is 14.3. The van der Waals surface area contributed by atoms with E-state index in [1.54, 1.807) is 7.11 Å². The standard InChI is InChI=1S/C14H22N2O3/c1-10(2)19-12-6-4-11(5-7-12)13(14(15)17)16-8-9-18-3/h4-7,10,13,16H,8-9H2,1-3H3,(H2,15,17). The smallest absolute Gasteiger partial charge is 0.239 e. The van der Waals surface area contributed by atoms with Gasteiger partial charge in [-0.25, -0.2) is 0 Å². The molecule has 0 bridgehead atoms. The highest BCUT2D eigenvalue weighted by molar-refractivity contribution is 5.81. The van der Waals surface area contributed by atoms with E-state index in [1.807, 2.05) is 38.1 Å². The molecule has 0 aliphatic carbocycles. The minimum atomic E-state index is -0.511. The van der Waals surface area contributed by atoms with Gasteiger partial charge in [0.15, 0.2) is 0 Å². The van der Waals surface area contributed by atoms with Crippen molar-refractivity contribution in [3.63, 3.8) is 0 Å². The van der Waals surface area contributed by atoms with Crippen LogP contribution >= 0.6 is 0 Å². The molecule has 0 radical (unpaired) electrons. The Morgan fingerprint density at radius 1 is 1.32 bits per heavy atom. The molecular weight excluding hydrogens is 244 g/mol. The summed E-state index contributed by atoms with van der Waals surface area (Å²) in [4.78, 5) is 11.4. The van der Waals surface area contributed by atoms with E-state index in [1.165, 1.54) is 0 Å². The topological polar surface area (TPSA) is 73.6 Å². The van der Waals surface area contributed by atoms with Crippen LogP contribution in [0.25, 0.3) is 0 Å². The lowest BCUT2D eigenvalue weighted by atomic mass is 10.1. The zero-order valence-electron chi connectivity index (χ0n) is 11.7. The van der Waals surface area contributed by atoms with Gasteiger partial charge in [-0.2, -0.15) is 0 Å². The SMILES string of the molecule is COCCNC(C(N)=O)c1ccc(OC(C)C)cc1. The van der Waals surface area contributed by atoms with Crippen molar-refractivity contribution < 1.29 is 14.3 Å². The average Bonchev–Trinajstić information content (AvgIpc) is 2.35. The first kappa shape index (κ1) is 15.5. The van der Waals surface area contributed by atoms with Crippen LogP contribution in [-0.2, 0) is 9.53 Å². The number of primary amides is 1. The first-order valence-electron chi connectivity index (χ1n) is 6.33. The van der Waals surface area contributed by atoms with Gasteiger partial charge in [0.2, 0.25) is 5.91 Å². The molecule has 1 aromatic carbocycles. The molecule has 0 saturated carbocycles. The number of amides is 1. The van der Waals surface area contributed by atoms with Gasteiger partial charge in [0.05, 0.1) is 12.7 Å². The molecule has 1 rings (SSSR count). The van der Waals surface area contributed by atoms with Crippen LogP contribution in [0.2, 0.25) is 0 Å². The maximum atomic E-state index is 11.4. The summed E-state index contributed by atoms with van der Waals surface area (Å²) in [5.74, 6) is 0.368. The maximum Gasteiger partial charge on any atom is 0.239 e. The summed E-state index contributed by atoms with van der Waals surface area (Å²) >= 11 is 0. The van der Waals surface area contributed by atoms with Gasteiger partial charge in [-0.1, -0.05) is 12.1 Å². The number of benzene rings is 1. The molecule has 0 spiro atoms. The molecule has 0 fully saturated rings. The van der Waals surface area contributed by atoms with Gasteiger partial charge in [-0.15, -0.1) is 0 Å². The summed E-state index contributed by atoms with van der Waals surface area (Å²) in [5, 5.41) is 3.06. The van der Waals surface area contributed by atoms with E-state index in [0.29, 0.717) is 13.2 Å². The molecule has 19 heavy (non-hydrogen) atoms. The summed E-state index contributed by atoms with van der Waals surface area (Å²) in [5.41, 5.74) is 6.22. The van der Waals surface area contributed by atoms with Gasteiger partial charge in [0, 0.05) is 13.7 Å². The van der Waals surface area contributed by atoms with Gasteiger partial charge in [-0.3, -0.25) is 10.1 Å². The van der Waals surface area contributed by atoms with Gasteiger partial charge < -0.3 is 15.2 Å². The second-order valence-electron chi connectivity index (χ2n) is 4.52. The van der Waals surface area contributed by atoms with Crippen LogP contribution < -0.4 is 15.8 Å². The molecule has 3 N–H and O–H groups in total. The van der Waals surface area contributed by atoms with Crippen LogP contribution in [0.15, 0.2) is 24.3 Å². The third-order valence-electron chi connectivity index (χ3n) is 2.52. The monoisotopic (exact) mass is 266 g/mol. The lowest BCUT2D eigenvalue weighted by Crippen LogP contribution is -2.35. The highest BCUT2D eigenvalue weighted by Gasteiger charge is 2.16. The summed E-state index contributed by atoms with van der Waals surface area (Å²) in [6.45, 7) is 5.02. The highest BCUT2D eigenvalue weighted by Crippen LogP contribution is 2.18. The Balaban J connectivity index is 2.71. The number of nitrogens with two attached hydrogens (primary N) is 1. The van der Waals surface area contributed by atoms with E-state index in [0.717, 1.165) is 11.3 Å². The fraction of sp³-hybridized carbons (Fsp3) is 0.500. The van der Waals surface area contributed by atoms with Crippen LogP contribution in [0.1, 0.15) is 25.5 Å². The van der Waals surface area contributed by atoms with Crippen molar-refractivity contribution in [1.82, 2.24) is 5.32 Å². The number of hydrogen-bond donors (Lipinski definition) is 2. The average molecular weight is 266 g/mol. The Morgan fingerprint density at radius 2 is 1.95 bits per heavy atom. The van der Waals surface area contributed by atoms with E-state index in [-0.39, 0.29) is 6.10 Å². The summed E-state index contributed by atoms with van der Waals surface area (Å²) in [6, 6.07) is 6.84. The van der Waals surface area contributed by atoms with E-state index < -0.39 is 11.9 Å². The third kappa shape index (κ3) is 5.28. The van der Waals surface area contributed by atoms with Crippen LogP contribution in [0.3, 0.4) is 0 Å². The predicted octanol–water partition coefficient (Wildman–Crippen LogP) is 1.24. The number of carbonyl (C=O) groups excluding carboxylic acids is 1. The van der Waals surface area contributed by atoms with E-state index in [2.05, 4.69) is 5.32 Å². The predicted molar refractivity (Wildman–Crippen MR) is 74.0 cm³/mol. The Hall–Kier alpha value is -1.59. The normalized spacial score (nSPS) is 12.4. The second kappa shape index (κ2) is 7.76. The molecule has 106 valence electrons. The van der Waals surface area contributed by atoms with Gasteiger partial charge in [0.1, 0.15) is 11.8 Å². The van der Waals surface area contributed by atoms with Crippen LogP contribution in [0, 0.1) is 0 Å². The quantitative estimate of drug-likeness (QED) is 0.694. The van der Waals surface area contributed by atoms with E-state index >= 15 is 0 Å². The molecule has 0 aliphatic rings. The lowest BCUT2D eigenvalue weighted by Gasteiger charge is -2.16. The van der Waals surface area contributed by atoms with E-state index in [4.69, 9.17) is 15.2 Å². The van der Waals surface area contributed by atoms with Crippen molar-refractivity contribution in [1.29, 1.82) is 0 Å². The zero-order valence-corrected chi connectivity index (χ0v) is 11.7. The van der Waals surface area contributed by atoms with E-state index in [9.17, 15) is 4.79 Å². The van der Waals surface area contributed by atoms with Crippen molar-refractivity contribution in [3.05, 3.63) is 29.8 Å². The van der Waals surface area contributed by atoms with Crippen LogP contribution in [-0.4, -0.2) is 32.3 Å². The van der Waals surface area contributed by atoms with Gasteiger partial charge >= 0.3 is 0 Å². The minimum Gasteiger partial charge on any atom is -0.491 e. The fourth-order valence-electron chi connectivity index (χ4n) is 1.70. The first-order chi connectivity index (χ1) is 9.04. The number of carbonyl (C=O) groups is 1. The molecule has 1 aromatic rings. The molecule has 0 aliphatic heterocycles. The maximum absolute atomic E-state index is 11.4. The molecule has 5 heteroatoms. The number of methoxy groups -OCH3 is 1. The Kier molecular flexibility index (Phi) is 6.32. The number of hydrogen-bond acceptors (Lipinski definition) is 4. The van der Waals surface area contributed by atoms with Crippen molar-refractivity contribution in [2.24, 2.45) is 5.73 Å². The van der Waals surface area contributed by atoms with Crippen molar-refractivity contribution in [2.75, 3.05) is 20.3 Å². The second-order valence-corrected chi connectivity index (χ2v) is 4.52. The minimum absolute atomic E-state index is 0.123. The molecular formula is C14H22N2O3. The molecule has 0 saturated heterocycles. The molecule has 0 aromatic heterocycles. The number of ether oxygens (including phenoxy) is 2. The van der Waals surface area contributed by atoms with Gasteiger partial charge in [0.25, 0.3) is 0 Å². The number of nitrogens with one attached hydrogen (secondary N) is 1. The highest BCUT2D eigenvalue weighted by atomic mass is 16.5. The Morgan fingerprint density at radius 3 is 2.42 bits per heavy atom. The summed E-state index contributed by atoms with van der Waals surface area (Å²) < 4.78 is 10.5. The Bertz CT molecular complexity index is 390. The van der Waals surface area contributed by atoms with Crippen molar-refractivity contribution in [3.8, 4) is 5.75 Å². The molecule has 1 amide bonds. The first-order valence-corrected chi connectivity index (χ1v) is 6.33. The van der Waals surface area contributed by atoms with Crippen LogP contribution in [0.4, 0.5) is 0 Å². The summed E-state index contributed by atoms with van der Waals surface area (Å²) in [6.07, 6.45) is 0.123. The molecule has 1 atom stereocenters. The van der Waals surface area contributed by atoms with Crippen molar-refractivity contribution >= 4 is 5.91 Å². The Labute approximate surface area is 114 Å². The van der Waals surface area contributed by atoms with Crippen LogP contribution in [0.5, 0.6) is 5.75 Å². The summed E-state index contributed by atoms with van der Waals surface area (Å²) in [7, 11) is 1.61. The molecule has 1 unspecified atom stereocenters. The fourth-order valence-corrected chi connectivity index (χ4v) is 1.70. The third-order valence-corrected chi connectivity index (χ3v) is 2.52. The lowest BCUT2D eigenvalue weighted by molar-refractivity contribution is -0.120. The molecule has 5 nitrogen and oxygen atoms in total. The number of rotatable bonds is 8. The molecule has 0 heterocycles.